The fourth-order valence-electron chi connectivity index (χ4n) is 3.00. The van der Waals surface area contributed by atoms with Crippen LogP contribution in [0.5, 0.6) is 5.75 Å². The minimum Gasteiger partial charge on any atom is -0.497 e. The molecule has 1 heterocycles. The van der Waals surface area contributed by atoms with Crippen molar-refractivity contribution in [3.63, 3.8) is 0 Å². The average Bonchev–Trinajstić information content (AvgIpc) is 2.81. The van der Waals surface area contributed by atoms with Crippen LogP contribution in [0.2, 0.25) is 5.02 Å². The van der Waals surface area contributed by atoms with Gasteiger partial charge in [-0.2, -0.15) is 14.0 Å². The van der Waals surface area contributed by atoms with Crippen LogP contribution in [-0.4, -0.2) is 61.0 Å². The molecule has 2 aromatic carbocycles. The van der Waals surface area contributed by atoms with E-state index >= 15 is 0 Å². The number of hydrogen-bond acceptors (Lipinski definition) is 9. The first-order chi connectivity index (χ1) is 14.9. The second kappa shape index (κ2) is 11.5. The predicted octanol–water partition coefficient (Wildman–Crippen LogP) is -0.673. The van der Waals surface area contributed by atoms with E-state index in [0.717, 1.165) is 21.9 Å². The van der Waals surface area contributed by atoms with Crippen LogP contribution >= 0.6 is 23.4 Å². The van der Waals surface area contributed by atoms with Crippen molar-refractivity contribution in [1.82, 2.24) is 4.90 Å². The Morgan fingerprint density at radius 3 is 2.31 bits per heavy atom. The van der Waals surface area contributed by atoms with Gasteiger partial charge in [0, 0.05) is 13.1 Å². The smallest absolute Gasteiger partial charge is 0.257 e. The van der Waals surface area contributed by atoms with Gasteiger partial charge < -0.3 is 19.6 Å². The van der Waals surface area contributed by atoms with Crippen molar-refractivity contribution in [3.05, 3.63) is 53.1 Å². The molecule has 2 atom stereocenters. The Hall–Kier alpha value is -1.60. The first kappa shape index (κ1) is 26.7. The van der Waals surface area contributed by atoms with Gasteiger partial charge in [-0.05, 0) is 43.9 Å². The molecular weight excluding hydrogens is 483 g/mol. The molecule has 176 valence electrons. The molecule has 0 aromatic heterocycles. The number of amides is 1. The van der Waals surface area contributed by atoms with E-state index in [1.807, 2.05) is 61.5 Å². The SMILES string of the molecule is COc1ccc(C2Sc3c(Cl)cccc3N(CCN(C)C)C(=O)C2O)cc1.[O-][Cl+3]([O-])([O-])O. The second-order valence-corrected chi connectivity index (χ2v) is 9.38. The molecule has 1 aliphatic heterocycles. The number of nitrogens with zero attached hydrogens (tertiary/aromatic N) is 2. The molecule has 2 aromatic rings. The molecule has 0 fully saturated rings. The summed E-state index contributed by atoms with van der Waals surface area (Å²) < 4.78 is 37.9. The number of carbonyl (C=O) groups is 1. The van der Waals surface area contributed by atoms with Crippen LogP contribution in [-0.2, 0) is 4.79 Å². The number of thioether (sulfide) groups is 1. The van der Waals surface area contributed by atoms with Crippen LogP contribution in [0.3, 0.4) is 0 Å². The summed E-state index contributed by atoms with van der Waals surface area (Å²) in [5.74, 6) is 0.412. The third kappa shape index (κ3) is 7.48. The van der Waals surface area contributed by atoms with Crippen molar-refractivity contribution in [2.24, 2.45) is 0 Å². The molecule has 1 aliphatic rings. The van der Waals surface area contributed by atoms with Crippen molar-refractivity contribution >= 4 is 35.0 Å². The number of benzene rings is 2. The Balaban J connectivity index is 0.000000654. The zero-order valence-electron chi connectivity index (χ0n) is 17.6. The molecule has 1 amide bonds. The molecule has 0 aliphatic carbocycles. The van der Waals surface area contributed by atoms with Crippen molar-refractivity contribution in [3.8, 4) is 5.75 Å². The summed E-state index contributed by atoms with van der Waals surface area (Å²) in [6.45, 7) is 1.16. The Morgan fingerprint density at radius 2 is 1.78 bits per heavy atom. The largest absolute Gasteiger partial charge is 0.497 e. The van der Waals surface area contributed by atoms with Gasteiger partial charge in [-0.15, -0.1) is 11.8 Å². The molecule has 0 saturated carbocycles. The number of anilines is 1. The van der Waals surface area contributed by atoms with Crippen molar-refractivity contribution in [2.75, 3.05) is 39.2 Å². The predicted molar refractivity (Wildman–Crippen MR) is 112 cm³/mol. The molecular formula is C20H24Cl2N2O7S. The number of ether oxygens (including phenoxy) is 1. The summed E-state index contributed by atoms with van der Waals surface area (Å²) in [5, 5.41) is 11.0. The van der Waals surface area contributed by atoms with Gasteiger partial charge in [-0.3, -0.25) is 4.79 Å². The number of halogens is 2. The highest BCUT2D eigenvalue weighted by molar-refractivity contribution is 8.00. The van der Waals surface area contributed by atoms with Crippen LogP contribution < -0.4 is 23.6 Å². The third-order valence-electron chi connectivity index (χ3n) is 4.50. The first-order valence-corrected chi connectivity index (χ1v) is 11.8. The highest BCUT2D eigenvalue weighted by atomic mass is 35.7. The summed E-state index contributed by atoms with van der Waals surface area (Å²) in [7, 11) is 0.811. The van der Waals surface area contributed by atoms with Gasteiger partial charge in [0.15, 0.2) is 0 Å². The van der Waals surface area contributed by atoms with Crippen LogP contribution in [0.15, 0.2) is 47.4 Å². The van der Waals surface area contributed by atoms with Crippen LogP contribution in [0, 0.1) is 10.2 Å². The Morgan fingerprint density at radius 1 is 1.19 bits per heavy atom. The Labute approximate surface area is 197 Å². The number of fused-ring (bicyclic) bond motifs is 1. The van der Waals surface area contributed by atoms with Gasteiger partial charge in [0.05, 0.1) is 42.9 Å². The van der Waals surface area contributed by atoms with Crippen LogP contribution in [0.25, 0.3) is 0 Å². The number of likely N-dealkylation sites (N-methyl/N-ethyl adjacent to an activating group) is 1. The lowest BCUT2D eigenvalue weighted by molar-refractivity contribution is -1.92. The Kier molecular flexibility index (Phi) is 9.58. The lowest BCUT2D eigenvalue weighted by Gasteiger charge is -2.26. The van der Waals surface area contributed by atoms with Gasteiger partial charge in [0.1, 0.15) is 11.9 Å². The van der Waals surface area contributed by atoms with E-state index in [2.05, 4.69) is 0 Å². The number of carbonyl (C=O) groups excluding carboxylic acids is 1. The van der Waals surface area contributed by atoms with Crippen molar-refractivity contribution < 1.29 is 43.5 Å². The maximum atomic E-state index is 13.1. The van der Waals surface area contributed by atoms with Gasteiger partial charge in [0.2, 0.25) is 0 Å². The summed E-state index contributed by atoms with van der Waals surface area (Å²) in [6, 6.07) is 12.9. The fraction of sp³-hybridized carbons (Fsp3) is 0.350. The molecule has 0 radical (unpaired) electrons. The number of rotatable bonds is 5. The summed E-state index contributed by atoms with van der Waals surface area (Å²) >= 11 is 7.89. The van der Waals surface area contributed by atoms with E-state index < -0.39 is 21.6 Å². The summed E-state index contributed by atoms with van der Waals surface area (Å²) in [4.78, 5) is 17.6. The van der Waals surface area contributed by atoms with Gasteiger partial charge in [-0.1, -0.05) is 29.8 Å². The number of hydrogen-bond donors (Lipinski definition) is 2. The average molecular weight is 507 g/mol. The monoisotopic (exact) mass is 506 g/mol. The van der Waals surface area contributed by atoms with Crippen LogP contribution in [0.4, 0.5) is 5.69 Å². The minimum absolute atomic E-state index is 0.314. The topological polar surface area (TPSA) is 142 Å². The maximum absolute atomic E-state index is 13.1. The third-order valence-corrected chi connectivity index (χ3v) is 6.38. The lowest BCUT2D eigenvalue weighted by Crippen LogP contribution is -2.58. The van der Waals surface area contributed by atoms with E-state index in [1.54, 1.807) is 12.0 Å². The zero-order chi connectivity index (χ0) is 24.1. The molecule has 0 saturated heterocycles. The van der Waals surface area contributed by atoms with Crippen molar-refractivity contribution in [2.45, 2.75) is 16.2 Å². The van der Waals surface area contributed by atoms with Crippen LogP contribution in [0.1, 0.15) is 10.8 Å². The van der Waals surface area contributed by atoms with E-state index in [4.69, 9.17) is 35.0 Å². The van der Waals surface area contributed by atoms with E-state index in [0.29, 0.717) is 18.1 Å². The van der Waals surface area contributed by atoms with E-state index in [-0.39, 0.29) is 5.91 Å². The molecule has 32 heavy (non-hydrogen) atoms. The maximum Gasteiger partial charge on any atom is 0.257 e. The fourth-order valence-corrected chi connectivity index (χ4v) is 4.58. The molecule has 3 rings (SSSR count). The second-order valence-electron chi connectivity index (χ2n) is 7.03. The molecule has 2 N–H and O–H groups in total. The summed E-state index contributed by atoms with van der Waals surface area (Å²) in [6.07, 6.45) is -1.17. The summed E-state index contributed by atoms with van der Waals surface area (Å²) in [5.41, 5.74) is 1.59. The zero-order valence-corrected chi connectivity index (χ0v) is 19.9. The molecule has 0 spiro atoms. The van der Waals surface area contributed by atoms with Gasteiger partial charge in [-0.25, -0.2) is 0 Å². The molecule has 12 heteroatoms. The minimum atomic E-state index is -4.69. The first-order valence-electron chi connectivity index (χ1n) is 9.29. The molecule has 2 unspecified atom stereocenters. The number of aliphatic hydroxyl groups excluding tert-OH is 1. The van der Waals surface area contributed by atoms with E-state index in [9.17, 15) is 9.90 Å². The standard InChI is InChI=1S/C20H23ClN2O3S.ClHO4/c1-22(2)11-12-23-16-6-4-5-15(21)19(16)27-18(17(24)20(23)25)13-7-9-14(26-3)10-8-13;2-1(3,4)5/h4-10,17-18,24H,11-12H2,1-3H3;(H,2,3,4,5). The number of methoxy groups -OCH3 is 1. The quantitative estimate of drug-likeness (QED) is 0.539. The molecule has 0 bridgehead atoms. The highest BCUT2D eigenvalue weighted by Gasteiger charge is 2.38. The van der Waals surface area contributed by atoms with Crippen molar-refractivity contribution in [1.29, 1.82) is 0 Å². The van der Waals surface area contributed by atoms with E-state index in [1.165, 1.54) is 11.8 Å². The molecule has 9 nitrogen and oxygen atoms in total. The van der Waals surface area contributed by atoms with Gasteiger partial charge in [0.25, 0.3) is 5.91 Å². The Bertz CT molecular complexity index is 904. The lowest BCUT2D eigenvalue weighted by atomic mass is 10.1. The number of aliphatic hydroxyl groups is 1. The van der Waals surface area contributed by atoms with Gasteiger partial charge >= 0.3 is 0 Å². The normalized spacial score (nSPS) is 18.6. The highest BCUT2D eigenvalue weighted by Crippen LogP contribution is 2.48.